The number of aryl methyl sites for hydroxylation is 1. The Labute approximate surface area is 122 Å². The molecule has 0 aromatic heterocycles. The van der Waals surface area contributed by atoms with Crippen LogP contribution in [-0.2, 0) is 0 Å². The molecule has 0 saturated carbocycles. The van der Waals surface area contributed by atoms with Gasteiger partial charge in [-0.2, -0.15) is 0 Å². The fourth-order valence-corrected chi connectivity index (χ4v) is 2.73. The van der Waals surface area contributed by atoms with Crippen LogP contribution in [0.4, 0.5) is 5.69 Å². The second-order valence-electron chi connectivity index (χ2n) is 4.15. The Morgan fingerprint density at radius 1 is 1.21 bits per heavy atom. The number of rotatable bonds is 5. The van der Waals surface area contributed by atoms with Crippen molar-refractivity contribution >= 4 is 29.1 Å². The molecule has 0 bridgehead atoms. The third-order valence-corrected chi connectivity index (χ3v) is 4.08. The van der Waals surface area contributed by atoms with Crippen molar-refractivity contribution in [3.8, 4) is 5.75 Å². The van der Waals surface area contributed by atoms with E-state index in [0.29, 0.717) is 11.6 Å². The van der Waals surface area contributed by atoms with Crippen LogP contribution in [0.2, 0.25) is 5.02 Å². The zero-order valence-electron chi connectivity index (χ0n) is 10.7. The number of benzene rings is 2. The van der Waals surface area contributed by atoms with Crippen LogP contribution in [-0.4, -0.2) is 12.4 Å². The summed E-state index contributed by atoms with van der Waals surface area (Å²) in [4.78, 5) is 1.20. The molecule has 0 radical (unpaired) electrons. The van der Waals surface area contributed by atoms with E-state index in [1.807, 2.05) is 42.5 Å². The Bertz CT molecular complexity index is 560. The van der Waals surface area contributed by atoms with Crippen molar-refractivity contribution in [3.63, 3.8) is 0 Å². The average molecular weight is 294 g/mol. The summed E-state index contributed by atoms with van der Waals surface area (Å²) in [6.07, 6.45) is 0. The van der Waals surface area contributed by atoms with Crippen LogP contribution in [0.3, 0.4) is 0 Å². The molecule has 0 unspecified atom stereocenters. The van der Waals surface area contributed by atoms with Gasteiger partial charge in [-0.15, -0.1) is 11.8 Å². The zero-order valence-corrected chi connectivity index (χ0v) is 12.3. The van der Waals surface area contributed by atoms with Gasteiger partial charge >= 0.3 is 0 Å². The molecule has 2 N–H and O–H groups in total. The molecule has 0 saturated heterocycles. The number of anilines is 1. The predicted octanol–water partition coefficient (Wildman–Crippen LogP) is 4.40. The maximum absolute atomic E-state index is 6.02. The second kappa shape index (κ2) is 6.73. The molecule has 100 valence electrons. The third-order valence-electron chi connectivity index (χ3n) is 2.65. The summed E-state index contributed by atoms with van der Waals surface area (Å²) in [5, 5.41) is 0.646. The quantitative estimate of drug-likeness (QED) is 0.504. The lowest BCUT2D eigenvalue weighted by atomic mass is 10.2. The third kappa shape index (κ3) is 4.08. The molecule has 0 fully saturated rings. The highest BCUT2D eigenvalue weighted by molar-refractivity contribution is 7.99. The number of para-hydroxylation sites is 1. The highest BCUT2D eigenvalue weighted by Crippen LogP contribution is 2.26. The van der Waals surface area contributed by atoms with E-state index in [4.69, 9.17) is 22.1 Å². The Morgan fingerprint density at radius 3 is 2.79 bits per heavy atom. The molecule has 2 rings (SSSR count). The Hall–Kier alpha value is -1.32. The van der Waals surface area contributed by atoms with E-state index in [9.17, 15) is 0 Å². The topological polar surface area (TPSA) is 35.2 Å². The van der Waals surface area contributed by atoms with E-state index < -0.39 is 0 Å². The van der Waals surface area contributed by atoms with Crippen LogP contribution in [0.1, 0.15) is 5.56 Å². The Morgan fingerprint density at radius 2 is 2.00 bits per heavy atom. The van der Waals surface area contributed by atoms with Gasteiger partial charge in [0.05, 0.1) is 11.6 Å². The molecule has 0 atom stereocenters. The summed E-state index contributed by atoms with van der Waals surface area (Å²) in [7, 11) is 0. The van der Waals surface area contributed by atoms with Crippen molar-refractivity contribution in [2.75, 3.05) is 18.1 Å². The maximum atomic E-state index is 6.02. The van der Waals surface area contributed by atoms with Gasteiger partial charge in [-0.25, -0.2) is 0 Å². The van der Waals surface area contributed by atoms with Gasteiger partial charge in [0.15, 0.2) is 0 Å². The molecule has 0 amide bonds. The maximum Gasteiger partial charge on any atom is 0.137 e. The summed E-state index contributed by atoms with van der Waals surface area (Å²) >= 11 is 7.76. The first-order chi connectivity index (χ1) is 9.16. The van der Waals surface area contributed by atoms with Crippen molar-refractivity contribution in [3.05, 3.63) is 53.1 Å². The number of nitrogens with two attached hydrogens (primary N) is 1. The lowest BCUT2D eigenvalue weighted by Gasteiger charge is -2.09. The normalized spacial score (nSPS) is 10.4. The van der Waals surface area contributed by atoms with Gasteiger partial charge in [0.1, 0.15) is 5.75 Å². The van der Waals surface area contributed by atoms with Crippen LogP contribution in [0, 0.1) is 6.92 Å². The minimum Gasteiger partial charge on any atom is -0.491 e. The lowest BCUT2D eigenvalue weighted by Crippen LogP contribution is -2.00. The van der Waals surface area contributed by atoms with Crippen LogP contribution < -0.4 is 10.5 Å². The smallest absolute Gasteiger partial charge is 0.137 e. The van der Waals surface area contributed by atoms with E-state index in [2.05, 4.69) is 6.92 Å². The van der Waals surface area contributed by atoms with Gasteiger partial charge in [-0.05, 0) is 36.8 Å². The molecule has 2 nitrogen and oxygen atoms in total. The van der Waals surface area contributed by atoms with E-state index in [1.165, 1.54) is 10.5 Å². The molecule has 2 aromatic carbocycles. The van der Waals surface area contributed by atoms with E-state index in [-0.39, 0.29) is 0 Å². The monoisotopic (exact) mass is 293 g/mol. The van der Waals surface area contributed by atoms with Gasteiger partial charge in [0.2, 0.25) is 0 Å². The zero-order chi connectivity index (χ0) is 13.7. The first-order valence-corrected chi connectivity index (χ1v) is 7.39. The number of hydrogen-bond acceptors (Lipinski definition) is 3. The standard InChI is InChI=1S/C15H16ClNOS/c1-11-6-7-12(17)10-15(11)19-9-8-18-14-5-3-2-4-13(14)16/h2-7,10H,8-9,17H2,1H3. The first kappa shape index (κ1) is 14.1. The van der Waals surface area contributed by atoms with Gasteiger partial charge in [-0.3, -0.25) is 0 Å². The number of nitrogen functional groups attached to an aromatic ring is 1. The lowest BCUT2D eigenvalue weighted by molar-refractivity contribution is 0.344. The minimum atomic E-state index is 0.614. The highest BCUT2D eigenvalue weighted by atomic mass is 35.5. The van der Waals surface area contributed by atoms with E-state index in [0.717, 1.165) is 17.2 Å². The van der Waals surface area contributed by atoms with Gasteiger partial charge in [-0.1, -0.05) is 29.8 Å². The Kier molecular flexibility index (Phi) is 5.00. The molecule has 0 heterocycles. The average Bonchev–Trinajstić information content (AvgIpc) is 2.40. The van der Waals surface area contributed by atoms with Crippen molar-refractivity contribution in [1.82, 2.24) is 0 Å². The molecular weight excluding hydrogens is 278 g/mol. The summed E-state index contributed by atoms with van der Waals surface area (Å²) in [6, 6.07) is 13.4. The fourth-order valence-electron chi connectivity index (χ4n) is 1.64. The largest absolute Gasteiger partial charge is 0.491 e. The van der Waals surface area contributed by atoms with Gasteiger partial charge < -0.3 is 10.5 Å². The summed E-state index contributed by atoms with van der Waals surface area (Å²) in [5.74, 6) is 1.59. The highest BCUT2D eigenvalue weighted by Gasteiger charge is 2.02. The molecule has 19 heavy (non-hydrogen) atoms. The molecule has 0 spiro atoms. The van der Waals surface area contributed by atoms with Crippen LogP contribution >= 0.6 is 23.4 Å². The Balaban J connectivity index is 1.84. The first-order valence-electron chi connectivity index (χ1n) is 6.03. The SMILES string of the molecule is Cc1ccc(N)cc1SCCOc1ccccc1Cl. The molecule has 4 heteroatoms. The minimum absolute atomic E-state index is 0.614. The van der Waals surface area contributed by atoms with E-state index in [1.54, 1.807) is 11.8 Å². The summed E-state index contributed by atoms with van der Waals surface area (Å²) < 4.78 is 5.64. The second-order valence-corrected chi connectivity index (χ2v) is 5.70. The summed E-state index contributed by atoms with van der Waals surface area (Å²) in [5.41, 5.74) is 7.81. The molecule has 0 aliphatic rings. The van der Waals surface area contributed by atoms with Gasteiger partial charge in [0.25, 0.3) is 0 Å². The molecule has 2 aromatic rings. The van der Waals surface area contributed by atoms with Crippen molar-refractivity contribution < 1.29 is 4.74 Å². The molecule has 0 aliphatic carbocycles. The fraction of sp³-hybridized carbons (Fsp3) is 0.200. The van der Waals surface area contributed by atoms with Gasteiger partial charge in [0, 0.05) is 16.3 Å². The predicted molar refractivity (Wildman–Crippen MR) is 83.3 cm³/mol. The summed E-state index contributed by atoms with van der Waals surface area (Å²) in [6.45, 7) is 2.69. The molecular formula is C15H16ClNOS. The number of hydrogen-bond donors (Lipinski definition) is 1. The van der Waals surface area contributed by atoms with Crippen molar-refractivity contribution in [2.24, 2.45) is 0 Å². The van der Waals surface area contributed by atoms with Crippen molar-refractivity contribution in [1.29, 1.82) is 0 Å². The van der Waals surface area contributed by atoms with Crippen LogP contribution in [0.15, 0.2) is 47.4 Å². The van der Waals surface area contributed by atoms with E-state index >= 15 is 0 Å². The number of ether oxygens (including phenoxy) is 1. The number of thioether (sulfide) groups is 1. The van der Waals surface area contributed by atoms with Crippen molar-refractivity contribution in [2.45, 2.75) is 11.8 Å². The number of halogens is 1. The molecule has 0 aliphatic heterocycles. The van der Waals surface area contributed by atoms with Crippen LogP contribution in [0.5, 0.6) is 5.75 Å². The van der Waals surface area contributed by atoms with Crippen LogP contribution in [0.25, 0.3) is 0 Å².